The Labute approximate surface area is 97.5 Å². The highest BCUT2D eigenvalue weighted by atomic mass is 15.0. The normalized spacial score (nSPS) is 21.8. The first kappa shape index (κ1) is 11.2. The first-order chi connectivity index (χ1) is 7.37. The van der Waals surface area contributed by atoms with Crippen LogP contribution in [0.4, 0.5) is 11.5 Å². The number of nitrogen functional groups attached to an aromatic ring is 1. The van der Waals surface area contributed by atoms with Crippen LogP contribution in [-0.2, 0) is 0 Å². The van der Waals surface area contributed by atoms with E-state index in [9.17, 15) is 0 Å². The number of anilines is 2. The summed E-state index contributed by atoms with van der Waals surface area (Å²) in [7, 11) is 0. The zero-order chi connectivity index (χ0) is 12.0. The van der Waals surface area contributed by atoms with Crippen molar-refractivity contribution in [1.29, 1.82) is 0 Å². The van der Waals surface area contributed by atoms with Crippen molar-refractivity contribution in [1.82, 2.24) is 4.98 Å². The molecular weight excluding hydrogens is 198 g/mol. The van der Waals surface area contributed by atoms with Gasteiger partial charge in [-0.3, -0.25) is 0 Å². The van der Waals surface area contributed by atoms with Gasteiger partial charge in [-0.15, -0.1) is 0 Å². The molecule has 1 aliphatic carbocycles. The fraction of sp³-hybridized carbons (Fsp3) is 0.615. The zero-order valence-electron chi connectivity index (χ0n) is 10.5. The minimum absolute atomic E-state index is 0.414. The average Bonchev–Trinajstić information content (AvgIpc) is 2.58. The first-order valence-electron chi connectivity index (χ1n) is 5.81. The Morgan fingerprint density at radius 3 is 2.44 bits per heavy atom. The summed E-state index contributed by atoms with van der Waals surface area (Å²) in [6.07, 6.45) is 1.71. The summed E-state index contributed by atoms with van der Waals surface area (Å²) < 4.78 is 0. The maximum atomic E-state index is 5.79. The van der Waals surface area contributed by atoms with Gasteiger partial charge in [0.05, 0.1) is 5.69 Å². The average molecular weight is 219 g/mol. The third-order valence-corrected chi connectivity index (χ3v) is 4.65. The van der Waals surface area contributed by atoms with Crippen LogP contribution in [0.2, 0.25) is 0 Å². The van der Waals surface area contributed by atoms with Gasteiger partial charge in [-0.1, -0.05) is 27.7 Å². The molecule has 3 heteroatoms. The molecule has 1 aromatic rings. The van der Waals surface area contributed by atoms with Crippen LogP contribution in [0.25, 0.3) is 0 Å². The Morgan fingerprint density at radius 2 is 1.94 bits per heavy atom. The van der Waals surface area contributed by atoms with Crippen molar-refractivity contribution in [3.8, 4) is 0 Å². The van der Waals surface area contributed by atoms with Crippen LogP contribution in [-0.4, -0.2) is 11.5 Å². The Morgan fingerprint density at radius 1 is 1.31 bits per heavy atom. The molecule has 0 saturated heterocycles. The summed E-state index contributed by atoms with van der Waals surface area (Å²) in [5.41, 5.74) is 7.56. The molecule has 0 bridgehead atoms. The second kappa shape index (κ2) is 3.37. The van der Waals surface area contributed by atoms with E-state index in [0.29, 0.717) is 22.6 Å². The Kier molecular flexibility index (Phi) is 2.37. The van der Waals surface area contributed by atoms with Gasteiger partial charge in [-0.2, -0.15) is 0 Å². The monoisotopic (exact) mass is 219 g/mol. The molecule has 1 fully saturated rings. The van der Waals surface area contributed by atoms with Crippen molar-refractivity contribution >= 4 is 11.5 Å². The van der Waals surface area contributed by atoms with Crippen LogP contribution in [0.3, 0.4) is 0 Å². The molecule has 1 aromatic heterocycles. The van der Waals surface area contributed by atoms with Crippen LogP contribution in [0.15, 0.2) is 18.3 Å². The molecule has 0 radical (unpaired) electrons. The van der Waals surface area contributed by atoms with E-state index >= 15 is 0 Å². The minimum Gasteiger partial charge on any atom is -0.382 e. The van der Waals surface area contributed by atoms with E-state index in [2.05, 4.69) is 38.0 Å². The largest absolute Gasteiger partial charge is 0.382 e. The first-order valence-corrected chi connectivity index (χ1v) is 5.81. The van der Waals surface area contributed by atoms with Crippen LogP contribution in [0, 0.1) is 16.7 Å². The summed E-state index contributed by atoms with van der Waals surface area (Å²) >= 11 is 0. The summed E-state index contributed by atoms with van der Waals surface area (Å²) in [6.45, 7) is 10.3. The summed E-state index contributed by atoms with van der Waals surface area (Å²) in [5, 5.41) is 3.40. The van der Waals surface area contributed by atoms with E-state index < -0.39 is 0 Å². The SMILES string of the molecule is CC1(C)C(CNc2cccnc2N)C1(C)C. The topological polar surface area (TPSA) is 50.9 Å². The number of rotatable bonds is 3. The van der Waals surface area contributed by atoms with Gasteiger partial charge in [-0.05, 0) is 28.9 Å². The summed E-state index contributed by atoms with van der Waals surface area (Å²) in [4.78, 5) is 4.07. The lowest BCUT2D eigenvalue weighted by Gasteiger charge is -2.09. The highest BCUT2D eigenvalue weighted by Gasteiger charge is 2.64. The maximum absolute atomic E-state index is 5.79. The third-order valence-electron chi connectivity index (χ3n) is 4.65. The van der Waals surface area contributed by atoms with Crippen LogP contribution >= 0.6 is 0 Å². The predicted octanol–water partition coefficient (Wildman–Crippen LogP) is 2.76. The van der Waals surface area contributed by atoms with Gasteiger partial charge >= 0.3 is 0 Å². The molecule has 3 nitrogen and oxygen atoms in total. The van der Waals surface area contributed by atoms with E-state index in [0.717, 1.165) is 12.2 Å². The van der Waals surface area contributed by atoms with E-state index in [4.69, 9.17) is 5.73 Å². The fourth-order valence-corrected chi connectivity index (χ4v) is 2.62. The molecule has 1 aliphatic rings. The summed E-state index contributed by atoms with van der Waals surface area (Å²) in [5.74, 6) is 1.28. The van der Waals surface area contributed by atoms with Gasteiger partial charge in [0.15, 0.2) is 0 Å². The van der Waals surface area contributed by atoms with Gasteiger partial charge in [0.2, 0.25) is 0 Å². The second-order valence-electron chi connectivity index (χ2n) is 5.81. The Bertz CT molecular complexity index is 382. The van der Waals surface area contributed by atoms with Gasteiger partial charge in [0.1, 0.15) is 5.82 Å². The molecule has 1 heterocycles. The van der Waals surface area contributed by atoms with Crippen LogP contribution < -0.4 is 11.1 Å². The van der Waals surface area contributed by atoms with E-state index in [1.807, 2.05) is 12.1 Å². The smallest absolute Gasteiger partial charge is 0.146 e. The molecule has 1 saturated carbocycles. The van der Waals surface area contributed by atoms with Crippen molar-refractivity contribution in [2.24, 2.45) is 16.7 Å². The lowest BCUT2D eigenvalue weighted by molar-refractivity contribution is 0.457. The molecule has 3 N–H and O–H groups in total. The van der Waals surface area contributed by atoms with Gasteiger partial charge in [0, 0.05) is 12.7 Å². The lowest BCUT2D eigenvalue weighted by Crippen LogP contribution is -2.10. The molecule has 0 unspecified atom stereocenters. The molecule has 88 valence electrons. The number of nitrogens with zero attached hydrogens (tertiary/aromatic N) is 1. The van der Waals surface area contributed by atoms with Crippen molar-refractivity contribution in [2.75, 3.05) is 17.6 Å². The molecule has 16 heavy (non-hydrogen) atoms. The molecule has 2 rings (SSSR count). The van der Waals surface area contributed by atoms with Crippen molar-refractivity contribution in [3.05, 3.63) is 18.3 Å². The van der Waals surface area contributed by atoms with Crippen molar-refractivity contribution in [2.45, 2.75) is 27.7 Å². The fourth-order valence-electron chi connectivity index (χ4n) is 2.62. The minimum atomic E-state index is 0.414. The molecule has 0 amide bonds. The number of hydrogen-bond donors (Lipinski definition) is 2. The predicted molar refractivity (Wildman–Crippen MR) is 68.2 cm³/mol. The van der Waals surface area contributed by atoms with Gasteiger partial charge < -0.3 is 11.1 Å². The van der Waals surface area contributed by atoms with E-state index in [-0.39, 0.29) is 0 Å². The Hall–Kier alpha value is -1.25. The number of pyridine rings is 1. The van der Waals surface area contributed by atoms with Gasteiger partial charge in [-0.25, -0.2) is 4.98 Å². The number of aromatic nitrogens is 1. The van der Waals surface area contributed by atoms with Crippen LogP contribution in [0.5, 0.6) is 0 Å². The zero-order valence-corrected chi connectivity index (χ0v) is 10.5. The molecule has 0 aliphatic heterocycles. The lowest BCUT2D eigenvalue weighted by atomic mass is 10.0. The number of nitrogens with two attached hydrogens (primary N) is 1. The molecule has 0 atom stereocenters. The van der Waals surface area contributed by atoms with Crippen molar-refractivity contribution < 1.29 is 0 Å². The van der Waals surface area contributed by atoms with E-state index in [1.54, 1.807) is 6.20 Å². The second-order valence-corrected chi connectivity index (χ2v) is 5.81. The number of nitrogens with one attached hydrogen (secondary N) is 1. The van der Waals surface area contributed by atoms with Crippen LogP contribution in [0.1, 0.15) is 27.7 Å². The third kappa shape index (κ3) is 1.55. The molecule has 0 spiro atoms. The summed E-state index contributed by atoms with van der Waals surface area (Å²) in [6, 6.07) is 3.88. The maximum Gasteiger partial charge on any atom is 0.146 e. The Balaban J connectivity index is 1.98. The standard InChI is InChI=1S/C13H21N3/c1-12(2)10(13(12,3)4)8-16-9-6-5-7-15-11(9)14/h5-7,10,16H,8H2,1-4H3,(H2,14,15). The highest BCUT2D eigenvalue weighted by Crippen LogP contribution is 2.68. The molecule has 0 aromatic carbocycles. The van der Waals surface area contributed by atoms with Gasteiger partial charge in [0.25, 0.3) is 0 Å². The quantitative estimate of drug-likeness (QED) is 0.822. The molecular formula is C13H21N3. The number of hydrogen-bond acceptors (Lipinski definition) is 3. The van der Waals surface area contributed by atoms with Crippen molar-refractivity contribution in [3.63, 3.8) is 0 Å². The highest BCUT2D eigenvalue weighted by molar-refractivity contribution is 5.61. The van der Waals surface area contributed by atoms with E-state index in [1.165, 1.54) is 0 Å².